The van der Waals surface area contributed by atoms with Crippen LogP contribution in [-0.4, -0.2) is 39.6 Å². The summed E-state index contributed by atoms with van der Waals surface area (Å²) in [6, 6.07) is 6.84. The summed E-state index contributed by atoms with van der Waals surface area (Å²) in [5.74, 6) is -3.63. The van der Waals surface area contributed by atoms with E-state index in [1.807, 2.05) is 0 Å². The number of carbonyl (C=O) groups is 1. The molecule has 0 spiro atoms. The zero-order valence-electron chi connectivity index (χ0n) is 17.9. The third kappa shape index (κ3) is 4.63. The van der Waals surface area contributed by atoms with Crippen molar-refractivity contribution in [3.63, 3.8) is 0 Å². The Labute approximate surface area is 195 Å². The van der Waals surface area contributed by atoms with Crippen molar-refractivity contribution in [1.29, 1.82) is 0 Å². The van der Waals surface area contributed by atoms with Crippen molar-refractivity contribution in [2.45, 2.75) is 50.4 Å². The molecule has 0 saturated heterocycles. The first kappa shape index (κ1) is 23.7. The largest absolute Gasteiger partial charge is 0.487 e. The van der Waals surface area contributed by atoms with Gasteiger partial charge in [0.15, 0.2) is 11.6 Å². The number of hydrogen-bond donors (Lipinski definition) is 3. The molecule has 0 radical (unpaired) electrons. The lowest BCUT2D eigenvalue weighted by molar-refractivity contribution is 0.0688. The Balaban J connectivity index is 1.51. The molecule has 1 heterocycles. The topological polar surface area (TPSA) is 87.0 Å². The van der Waals surface area contributed by atoms with E-state index < -0.39 is 47.4 Å². The van der Waals surface area contributed by atoms with Crippen molar-refractivity contribution < 1.29 is 33.6 Å². The predicted octanol–water partition coefficient (Wildman–Crippen LogP) is 4.73. The van der Waals surface area contributed by atoms with Crippen LogP contribution in [0, 0.1) is 23.5 Å². The van der Waals surface area contributed by atoms with Gasteiger partial charge in [-0.25, -0.2) is 13.6 Å². The van der Waals surface area contributed by atoms with Crippen LogP contribution in [0.1, 0.15) is 47.2 Å². The highest BCUT2D eigenvalue weighted by Crippen LogP contribution is 2.44. The second kappa shape index (κ2) is 9.41. The van der Waals surface area contributed by atoms with Crippen molar-refractivity contribution in [1.82, 2.24) is 0 Å². The second-order valence-corrected chi connectivity index (χ2v) is 9.20. The van der Waals surface area contributed by atoms with Crippen LogP contribution in [0.15, 0.2) is 42.5 Å². The molecule has 8 heteroatoms. The van der Waals surface area contributed by atoms with Crippen LogP contribution in [0.25, 0.3) is 0 Å². The number of carboxylic acid groups (broad SMARTS) is 1. The molecule has 0 bridgehead atoms. The first-order valence-electron chi connectivity index (χ1n) is 10.9. The van der Waals surface area contributed by atoms with Crippen LogP contribution in [-0.2, 0) is 6.42 Å². The Bertz CT molecular complexity index is 1090. The Morgan fingerprint density at radius 3 is 2.73 bits per heavy atom. The van der Waals surface area contributed by atoms with Crippen molar-refractivity contribution in [3.8, 4) is 5.75 Å². The van der Waals surface area contributed by atoms with Crippen molar-refractivity contribution in [2.75, 3.05) is 0 Å². The number of halogens is 3. The van der Waals surface area contributed by atoms with Crippen LogP contribution in [0.2, 0.25) is 5.02 Å². The van der Waals surface area contributed by atoms with Crippen LogP contribution in [0.3, 0.4) is 0 Å². The summed E-state index contributed by atoms with van der Waals surface area (Å²) < 4.78 is 34.0. The summed E-state index contributed by atoms with van der Waals surface area (Å²) >= 11 is 6.12. The lowest BCUT2D eigenvalue weighted by atomic mass is 9.87. The number of aliphatic hydroxyl groups excluding tert-OH is 2. The van der Waals surface area contributed by atoms with Crippen molar-refractivity contribution >= 4 is 17.6 Å². The number of fused-ring (bicyclic) bond motifs is 2. The maximum absolute atomic E-state index is 14.7. The fourth-order valence-electron chi connectivity index (χ4n) is 4.91. The highest BCUT2D eigenvalue weighted by atomic mass is 35.5. The molecule has 1 aliphatic carbocycles. The summed E-state index contributed by atoms with van der Waals surface area (Å²) in [5, 5.41) is 30.7. The van der Waals surface area contributed by atoms with Gasteiger partial charge < -0.3 is 20.1 Å². The number of hydrogen-bond acceptors (Lipinski definition) is 4. The second-order valence-electron chi connectivity index (χ2n) is 8.79. The van der Waals surface area contributed by atoms with E-state index in [2.05, 4.69) is 0 Å². The van der Waals surface area contributed by atoms with Crippen LogP contribution < -0.4 is 4.74 Å². The number of ether oxygens (including phenoxy) is 1. The van der Waals surface area contributed by atoms with Gasteiger partial charge in [-0.2, -0.15) is 0 Å². The normalized spacial score (nSPS) is 26.2. The molecule has 2 unspecified atom stereocenters. The Morgan fingerprint density at radius 1 is 1.27 bits per heavy atom. The molecular weight excluding hydrogens is 454 g/mol. The van der Waals surface area contributed by atoms with E-state index in [-0.39, 0.29) is 29.0 Å². The SMILES string of the molecule is CC(c1ccc(F)cc1Cl)C(O)/C=C/[C@@H]1[C@H]2CCc3ccc(C(=O)O)c(F)c3O[C@H]2C[C@H]1O. The summed E-state index contributed by atoms with van der Waals surface area (Å²) in [6.07, 6.45) is 2.58. The molecule has 0 aromatic heterocycles. The summed E-state index contributed by atoms with van der Waals surface area (Å²) in [4.78, 5) is 11.3. The minimum absolute atomic E-state index is 0.0566. The average Bonchev–Trinajstić information content (AvgIpc) is 2.93. The van der Waals surface area contributed by atoms with Gasteiger partial charge in [0.1, 0.15) is 11.9 Å². The highest BCUT2D eigenvalue weighted by molar-refractivity contribution is 6.31. The first-order chi connectivity index (χ1) is 15.7. The molecule has 4 rings (SSSR count). The van der Waals surface area contributed by atoms with Gasteiger partial charge in [-0.15, -0.1) is 0 Å². The van der Waals surface area contributed by atoms with E-state index in [1.165, 1.54) is 24.3 Å². The zero-order chi connectivity index (χ0) is 23.9. The van der Waals surface area contributed by atoms with E-state index in [4.69, 9.17) is 16.3 Å². The van der Waals surface area contributed by atoms with Gasteiger partial charge in [-0.05, 0) is 42.2 Å². The molecule has 1 aliphatic heterocycles. The molecule has 176 valence electrons. The number of aryl methyl sites for hydroxylation is 1. The summed E-state index contributed by atoms with van der Waals surface area (Å²) in [7, 11) is 0. The average molecular weight is 479 g/mol. The van der Waals surface area contributed by atoms with Crippen LogP contribution in [0.4, 0.5) is 8.78 Å². The number of aromatic carboxylic acids is 1. The molecule has 6 atom stereocenters. The monoisotopic (exact) mass is 478 g/mol. The molecule has 1 fully saturated rings. The number of benzene rings is 2. The molecule has 5 nitrogen and oxygen atoms in total. The van der Waals surface area contributed by atoms with Gasteiger partial charge in [0.2, 0.25) is 0 Å². The lowest BCUT2D eigenvalue weighted by Crippen LogP contribution is -2.24. The minimum Gasteiger partial charge on any atom is -0.487 e. The smallest absolute Gasteiger partial charge is 0.338 e. The van der Waals surface area contributed by atoms with Crippen LogP contribution in [0.5, 0.6) is 5.75 Å². The minimum atomic E-state index is -1.36. The Morgan fingerprint density at radius 2 is 2.03 bits per heavy atom. The van der Waals surface area contributed by atoms with Crippen molar-refractivity contribution in [2.24, 2.45) is 11.8 Å². The van der Waals surface area contributed by atoms with Gasteiger partial charge in [0, 0.05) is 29.2 Å². The summed E-state index contributed by atoms with van der Waals surface area (Å²) in [6.45, 7) is 1.77. The van der Waals surface area contributed by atoms with Gasteiger partial charge in [0.05, 0.1) is 17.8 Å². The van der Waals surface area contributed by atoms with E-state index in [0.717, 1.165) is 0 Å². The Hall–Kier alpha value is -2.48. The molecule has 0 amide bonds. The molecule has 3 N–H and O–H groups in total. The quantitative estimate of drug-likeness (QED) is 0.541. The van der Waals surface area contributed by atoms with Crippen molar-refractivity contribution in [3.05, 3.63) is 75.8 Å². The maximum Gasteiger partial charge on any atom is 0.338 e. The number of rotatable bonds is 5. The standard InChI is InChI=1S/C25H25ClF2O5/c1-12(15-7-4-14(27)10-19(15)26)20(29)9-8-16-17-5-2-13-3-6-18(25(31)32)23(28)24(13)33-22(17)11-21(16)30/h3-4,6-10,12,16-17,20-22,29-30H,2,5,11H2,1H3,(H,31,32)/b9-8+/t12?,16-,17-,20?,21-,22+/m1/s1. The van der Waals surface area contributed by atoms with Gasteiger partial charge in [-0.3, -0.25) is 0 Å². The van der Waals surface area contributed by atoms with Crippen LogP contribution >= 0.6 is 11.6 Å². The highest BCUT2D eigenvalue weighted by Gasteiger charge is 2.44. The van der Waals surface area contributed by atoms with E-state index >= 15 is 0 Å². The van der Waals surface area contributed by atoms with E-state index in [9.17, 15) is 28.9 Å². The van der Waals surface area contributed by atoms with Gasteiger partial charge in [-0.1, -0.05) is 42.8 Å². The van der Waals surface area contributed by atoms with E-state index in [1.54, 1.807) is 25.1 Å². The molecule has 33 heavy (non-hydrogen) atoms. The third-order valence-electron chi connectivity index (χ3n) is 6.81. The zero-order valence-corrected chi connectivity index (χ0v) is 18.7. The third-order valence-corrected chi connectivity index (χ3v) is 7.14. The van der Waals surface area contributed by atoms with Gasteiger partial charge >= 0.3 is 5.97 Å². The fraction of sp³-hybridized carbons (Fsp3) is 0.400. The molecule has 2 aromatic carbocycles. The Kier molecular flexibility index (Phi) is 6.75. The summed E-state index contributed by atoms with van der Waals surface area (Å²) in [5.41, 5.74) is 0.764. The van der Waals surface area contributed by atoms with Gasteiger partial charge in [0.25, 0.3) is 0 Å². The molecular formula is C25H25ClF2O5. The molecule has 2 aromatic rings. The molecule has 2 aliphatic rings. The number of aliphatic hydroxyl groups is 2. The fourth-order valence-corrected chi connectivity index (χ4v) is 5.25. The number of carboxylic acids is 1. The predicted molar refractivity (Wildman–Crippen MR) is 119 cm³/mol. The van der Waals surface area contributed by atoms with E-state index in [0.29, 0.717) is 24.0 Å². The first-order valence-corrected chi connectivity index (χ1v) is 11.3. The maximum atomic E-state index is 14.7. The molecule has 1 saturated carbocycles. The lowest BCUT2D eigenvalue weighted by Gasteiger charge is -2.22.